The first-order valence-electron chi connectivity index (χ1n) is 6.11. The van der Waals surface area contributed by atoms with E-state index in [0.717, 1.165) is 18.9 Å². The van der Waals surface area contributed by atoms with Gasteiger partial charge >= 0.3 is 0 Å². The summed E-state index contributed by atoms with van der Waals surface area (Å²) in [6.45, 7) is 2.84. The minimum atomic E-state index is -3.86. The van der Waals surface area contributed by atoms with E-state index in [0.29, 0.717) is 19.0 Å². The van der Waals surface area contributed by atoms with Gasteiger partial charge in [-0.1, -0.05) is 24.9 Å². The summed E-state index contributed by atoms with van der Waals surface area (Å²) >= 11 is 5.65. The number of benzene rings is 1. The molecule has 0 amide bonds. The largest absolute Gasteiger partial charge is 0.399 e. The van der Waals surface area contributed by atoms with E-state index in [4.69, 9.17) is 17.3 Å². The fourth-order valence-electron chi connectivity index (χ4n) is 2.26. The molecular weight excluding hydrogens is 291 g/mol. The molecule has 0 spiro atoms. The average molecular weight is 307 g/mol. The lowest BCUT2D eigenvalue weighted by Crippen LogP contribution is -2.29. The summed E-state index contributed by atoms with van der Waals surface area (Å²) in [5.74, 6) is -0.606. The predicted octanol–water partition coefficient (Wildman–Crippen LogP) is 2.48. The van der Waals surface area contributed by atoms with E-state index in [-0.39, 0.29) is 10.7 Å². The molecule has 1 aromatic carbocycles. The zero-order chi connectivity index (χ0) is 14.2. The first-order chi connectivity index (χ1) is 8.86. The van der Waals surface area contributed by atoms with Crippen LogP contribution < -0.4 is 5.73 Å². The van der Waals surface area contributed by atoms with Gasteiger partial charge in [-0.3, -0.25) is 0 Å². The number of nitrogen functional groups attached to an aromatic ring is 1. The molecule has 0 aromatic heterocycles. The number of sulfonamides is 1. The molecule has 0 bridgehead atoms. The number of halogens is 2. The van der Waals surface area contributed by atoms with Crippen LogP contribution in [0.3, 0.4) is 0 Å². The molecule has 0 saturated carbocycles. The van der Waals surface area contributed by atoms with Gasteiger partial charge in [0.2, 0.25) is 10.0 Å². The number of nitrogens with zero attached hydrogens (tertiary/aromatic N) is 1. The van der Waals surface area contributed by atoms with Crippen LogP contribution in [0.2, 0.25) is 5.02 Å². The van der Waals surface area contributed by atoms with Crippen LogP contribution in [-0.4, -0.2) is 25.8 Å². The minimum Gasteiger partial charge on any atom is -0.399 e. The average Bonchev–Trinajstić information content (AvgIpc) is 2.83. The Morgan fingerprint density at radius 1 is 1.53 bits per heavy atom. The van der Waals surface area contributed by atoms with Gasteiger partial charge in [-0.2, -0.15) is 4.31 Å². The SMILES string of the molecule is CCC1CCN(S(=O)(=O)c2cc(N)cc(Cl)c2F)C1. The second kappa shape index (κ2) is 5.26. The van der Waals surface area contributed by atoms with Gasteiger partial charge in [0.15, 0.2) is 5.82 Å². The maximum atomic E-state index is 13.9. The van der Waals surface area contributed by atoms with E-state index in [1.54, 1.807) is 0 Å². The van der Waals surface area contributed by atoms with Crippen molar-refractivity contribution >= 4 is 27.3 Å². The van der Waals surface area contributed by atoms with Gasteiger partial charge in [0, 0.05) is 18.8 Å². The molecule has 2 N–H and O–H groups in total. The highest BCUT2D eigenvalue weighted by molar-refractivity contribution is 7.89. The Hall–Kier alpha value is -0.850. The highest BCUT2D eigenvalue weighted by atomic mass is 35.5. The molecular formula is C12H16ClFN2O2S. The van der Waals surface area contributed by atoms with Gasteiger partial charge in [-0.25, -0.2) is 12.8 Å². The van der Waals surface area contributed by atoms with Crippen molar-refractivity contribution in [3.05, 3.63) is 23.0 Å². The van der Waals surface area contributed by atoms with Crippen LogP contribution >= 0.6 is 11.6 Å². The van der Waals surface area contributed by atoms with Crippen LogP contribution in [0, 0.1) is 11.7 Å². The van der Waals surface area contributed by atoms with Crippen LogP contribution in [0.25, 0.3) is 0 Å². The Balaban J connectivity index is 2.41. The second-order valence-corrected chi connectivity index (χ2v) is 7.05. The summed E-state index contributed by atoms with van der Waals surface area (Å²) in [5, 5.41) is -0.273. The summed E-state index contributed by atoms with van der Waals surface area (Å²) in [7, 11) is -3.86. The van der Waals surface area contributed by atoms with E-state index in [2.05, 4.69) is 0 Å². The monoisotopic (exact) mass is 306 g/mol. The topological polar surface area (TPSA) is 63.4 Å². The van der Waals surface area contributed by atoms with E-state index >= 15 is 0 Å². The zero-order valence-corrected chi connectivity index (χ0v) is 12.1. The fraction of sp³-hybridized carbons (Fsp3) is 0.500. The third-order valence-corrected chi connectivity index (χ3v) is 5.60. The molecule has 4 nitrogen and oxygen atoms in total. The lowest BCUT2D eigenvalue weighted by molar-refractivity contribution is 0.448. The maximum absolute atomic E-state index is 13.9. The van der Waals surface area contributed by atoms with Crippen molar-refractivity contribution in [1.29, 1.82) is 0 Å². The summed E-state index contributed by atoms with van der Waals surface area (Å²) in [6, 6.07) is 2.32. The van der Waals surface area contributed by atoms with E-state index in [1.165, 1.54) is 10.4 Å². The molecule has 1 saturated heterocycles. The standard InChI is InChI=1S/C12H16ClFN2O2S/c1-2-8-3-4-16(7-8)19(17,18)11-6-9(15)5-10(13)12(11)14/h5-6,8H,2-4,7,15H2,1H3. The number of hydrogen-bond donors (Lipinski definition) is 1. The molecule has 0 radical (unpaired) electrons. The predicted molar refractivity (Wildman–Crippen MR) is 73.0 cm³/mol. The molecule has 19 heavy (non-hydrogen) atoms. The van der Waals surface area contributed by atoms with E-state index in [9.17, 15) is 12.8 Å². The van der Waals surface area contributed by atoms with Gasteiger partial charge in [0.1, 0.15) is 4.90 Å². The van der Waals surface area contributed by atoms with Crippen LogP contribution in [0.5, 0.6) is 0 Å². The summed E-state index contributed by atoms with van der Waals surface area (Å²) in [4.78, 5) is -0.436. The molecule has 0 aliphatic carbocycles. The number of anilines is 1. The summed E-state index contributed by atoms with van der Waals surface area (Å²) in [6.07, 6.45) is 1.71. The Labute approximate surface area is 117 Å². The molecule has 1 aliphatic rings. The van der Waals surface area contributed by atoms with Gasteiger partial charge in [0.05, 0.1) is 5.02 Å². The molecule has 1 aliphatic heterocycles. The van der Waals surface area contributed by atoms with Crippen LogP contribution in [0.1, 0.15) is 19.8 Å². The number of nitrogens with two attached hydrogens (primary N) is 1. The molecule has 1 unspecified atom stereocenters. The fourth-order valence-corrected chi connectivity index (χ4v) is 4.20. The first-order valence-corrected chi connectivity index (χ1v) is 7.92. The van der Waals surface area contributed by atoms with Crippen LogP contribution in [0.15, 0.2) is 17.0 Å². The third kappa shape index (κ3) is 2.70. The lowest BCUT2D eigenvalue weighted by atomic mass is 10.1. The normalized spacial score (nSPS) is 20.9. The molecule has 1 fully saturated rings. The molecule has 1 atom stereocenters. The number of rotatable bonds is 3. The molecule has 2 rings (SSSR count). The highest BCUT2D eigenvalue weighted by Gasteiger charge is 2.34. The van der Waals surface area contributed by atoms with Gasteiger partial charge < -0.3 is 5.73 Å². The van der Waals surface area contributed by atoms with E-state index in [1.807, 2.05) is 6.92 Å². The summed E-state index contributed by atoms with van der Waals surface area (Å²) in [5.41, 5.74) is 5.68. The maximum Gasteiger partial charge on any atom is 0.246 e. The van der Waals surface area contributed by atoms with Gasteiger partial charge in [-0.15, -0.1) is 0 Å². The van der Waals surface area contributed by atoms with Crippen molar-refractivity contribution in [3.8, 4) is 0 Å². The third-order valence-electron chi connectivity index (χ3n) is 3.46. The highest BCUT2D eigenvalue weighted by Crippen LogP contribution is 2.31. The zero-order valence-electron chi connectivity index (χ0n) is 10.6. The first kappa shape index (κ1) is 14.6. The lowest BCUT2D eigenvalue weighted by Gasteiger charge is -2.17. The van der Waals surface area contributed by atoms with E-state index < -0.39 is 20.7 Å². The summed E-state index contributed by atoms with van der Waals surface area (Å²) < 4.78 is 40.0. The minimum absolute atomic E-state index is 0.135. The van der Waals surface area contributed by atoms with Crippen molar-refractivity contribution in [2.45, 2.75) is 24.7 Å². The quantitative estimate of drug-likeness (QED) is 0.873. The Kier molecular flexibility index (Phi) is 4.03. The van der Waals surface area contributed by atoms with Crippen molar-refractivity contribution in [2.75, 3.05) is 18.8 Å². The molecule has 1 aromatic rings. The Morgan fingerprint density at radius 3 is 2.79 bits per heavy atom. The molecule has 7 heteroatoms. The smallest absolute Gasteiger partial charge is 0.246 e. The van der Waals surface area contributed by atoms with Crippen molar-refractivity contribution in [2.24, 2.45) is 5.92 Å². The molecule has 1 heterocycles. The van der Waals surface area contributed by atoms with Gasteiger partial charge in [0.25, 0.3) is 0 Å². The number of hydrogen-bond acceptors (Lipinski definition) is 3. The van der Waals surface area contributed by atoms with Crippen molar-refractivity contribution < 1.29 is 12.8 Å². The second-order valence-electron chi connectivity index (χ2n) is 4.74. The van der Waals surface area contributed by atoms with Crippen LogP contribution in [0.4, 0.5) is 10.1 Å². The Morgan fingerprint density at radius 2 is 2.21 bits per heavy atom. The van der Waals surface area contributed by atoms with Crippen molar-refractivity contribution in [3.63, 3.8) is 0 Å². The molecule has 106 valence electrons. The van der Waals surface area contributed by atoms with Crippen LogP contribution in [-0.2, 0) is 10.0 Å². The van der Waals surface area contributed by atoms with Gasteiger partial charge in [-0.05, 0) is 24.5 Å². The van der Waals surface area contributed by atoms with Crippen molar-refractivity contribution in [1.82, 2.24) is 4.31 Å². The Bertz CT molecular complexity index is 592.